The third-order valence-corrected chi connectivity index (χ3v) is 2.87. The fourth-order valence-electron chi connectivity index (χ4n) is 1.94. The van der Waals surface area contributed by atoms with Crippen LogP contribution in [0.2, 0.25) is 0 Å². The van der Waals surface area contributed by atoms with Crippen molar-refractivity contribution in [2.45, 2.75) is 33.0 Å². The summed E-state index contributed by atoms with van der Waals surface area (Å²) < 4.78 is 7.16. The highest BCUT2D eigenvalue weighted by atomic mass is 16.5. The summed E-state index contributed by atoms with van der Waals surface area (Å²) in [4.78, 5) is 4.49. The Morgan fingerprint density at radius 3 is 2.95 bits per heavy atom. The van der Waals surface area contributed by atoms with Crippen LogP contribution in [-0.4, -0.2) is 27.9 Å². The molecule has 0 saturated carbocycles. The van der Waals surface area contributed by atoms with Crippen molar-refractivity contribution in [3.8, 4) is 5.75 Å². The molecule has 0 saturated heterocycles. The van der Waals surface area contributed by atoms with Gasteiger partial charge >= 0.3 is 0 Å². The van der Waals surface area contributed by atoms with Gasteiger partial charge in [0.15, 0.2) is 0 Å². The summed E-state index contributed by atoms with van der Waals surface area (Å²) in [7, 11) is 1.67. The molecule has 5 heteroatoms. The molecule has 2 heterocycles. The van der Waals surface area contributed by atoms with Gasteiger partial charge in [-0.05, 0) is 19.9 Å². The molecule has 0 fully saturated rings. The molecule has 0 bridgehead atoms. The Kier molecular flexibility index (Phi) is 4.52. The van der Waals surface area contributed by atoms with Crippen LogP contribution in [0.3, 0.4) is 0 Å². The summed E-state index contributed by atoms with van der Waals surface area (Å²) in [6.07, 6.45) is 3.76. The van der Waals surface area contributed by atoms with Crippen LogP contribution in [0, 0.1) is 6.92 Å². The quantitative estimate of drug-likeness (QED) is 0.860. The first-order valence-corrected chi connectivity index (χ1v) is 6.39. The van der Waals surface area contributed by atoms with Crippen LogP contribution in [0.5, 0.6) is 5.75 Å². The molecule has 0 aromatic carbocycles. The van der Waals surface area contributed by atoms with Gasteiger partial charge in [0.05, 0.1) is 19.3 Å². The molecule has 2 rings (SSSR count). The number of nitrogens with one attached hydrogen (secondary N) is 1. The van der Waals surface area contributed by atoms with E-state index in [0.717, 1.165) is 30.2 Å². The topological polar surface area (TPSA) is 52.0 Å². The lowest BCUT2D eigenvalue weighted by molar-refractivity contribution is 0.411. The third kappa shape index (κ3) is 4.06. The average molecular weight is 260 g/mol. The summed E-state index contributed by atoms with van der Waals surface area (Å²) in [6, 6.07) is 6.14. The predicted octanol–water partition coefficient (Wildman–Crippen LogP) is 1.77. The fraction of sp³-hybridized carbons (Fsp3) is 0.429. The van der Waals surface area contributed by atoms with Gasteiger partial charge in [-0.25, -0.2) is 0 Å². The van der Waals surface area contributed by atoms with E-state index in [1.54, 1.807) is 13.3 Å². The van der Waals surface area contributed by atoms with Gasteiger partial charge in [-0.2, -0.15) is 5.10 Å². The van der Waals surface area contributed by atoms with Crippen molar-refractivity contribution in [1.29, 1.82) is 0 Å². The zero-order valence-electron chi connectivity index (χ0n) is 11.6. The molecule has 2 aromatic heterocycles. The van der Waals surface area contributed by atoms with E-state index in [0.29, 0.717) is 6.04 Å². The lowest BCUT2D eigenvalue weighted by atomic mass is 10.2. The Morgan fingerprint density at radius 1 is 1.42 bits per heavy atom. The summed E-state index contributed by atoms with van der Waals surface area (Å²) in [5, 5.41) is 7.63. The van der Waals surface area contributed by atoms with Crippen LogP contribution in [0.15, 0.2) is 30.6 Å². The Hall–Kier alpha value is -1.88. The first-order chi connectivity index (χ1) is 9.17. The van der Waals surface area contributed by atoms with E-state index in [-0.39, 0.29) is 0 Å². The SMILES string of the molecule is COc1cc(C)nc(CNC(C)Cn2cccn2)c1. The molecule has 0 aliphatic heterocycles. The summed E-state index contributed by atoms with van der Waals surface area (Å²) in [6.45, 7) is 5.67. The first-order valence-electron chi connectivity index (χ1n) is 6.39. The number of nitrogens with zero attached hydrogens (tertiary/aromatic N) is 3. The number of ether oxygens (including phenoxy) is 1. The number of rotatable bonds is 6. The van der Waals surface area contributed by atoms with E-state index in [9.17, 15) is 0 Å². The third-order valence-electron chi connectivity index (χ3n) is 2.87. The zero-order valence-corrected chi connectivity index (χ0v) is 11.6. The molecular formula is C14H20N4O. The molecule has 0 amide bonds. The molecule has 0 spiro atoms. The van der Waals surface area contributed by atoms with Gasteiger partial charge in [-0.15, -0.1) is 0 Å². The Labute approximate surface area is 113 Å². The molecule has 0 aliphatic rings. The maximum absolute atomic E-state index is 5.25. The normalized spacial score (nSPS) is 12.4. The second-order valence-corrected chi connectivity index (χ2v) is 4.65. The monoisotopic (exact) mass is 260 g/mol. The van der Waals surface area contributed by atoms with Crippen molar-refractivity contribution >= 4 is 0 Å². The number of aromatic nitrogens is 3. The van der Waals surface area contributed by atoms with Crippen LogP contribution in [0.1, 0.15) is 18.3 Å². The van der Waals surface area contributed by atoms with Gasteiger partial charge in [-0.1, -0.05) is 0 Å². The molecule has 1 atom stereocenters. The zero-order chi connectivity index (χ0) is 13.7. The highest BCUT2D eigenvalue weighted by Crippen LogP contribution is 2.13. The Balaban J connectivity index is 1.89. The molecule has 0 radical (unpaired) electrons. The average Bonchev–Trinajstić information content (AvgIpc) is 2.88. The summed E-state index contributed by atoms with van der Waals surface area (Å²) in [5.74, 6) is 0.851. The standard InChI is InChI=1S/C14H20N4O/c1-11-7-14(19-3)8-13(17-11)9-15-12(2)10-18-6-4-5-16-18/h4-8,12,15H,9-10H2,1-3H3. The van der Waals surface area contributed by atoms with E-state index in [1.165, 1.54) is 0 Å². The lowest BCUT2D eigenvalue weighted by Gasteiger charge is -2.14. The van der Waals surface area contributed by atoms with E-state index >= 15 is 0 Å². The minimum Gasteiger partial charge on any atom is -0.497 e. The Bertz CT molecular complexity index is 510. The highest BCUT2D eigenvalue weighted by Gasteiger charge is 2.05. The van der Waals surface area contributed by atoms with Crippen molar-refractivity contribution < 1.29 is 4.74 Å². The molecule has 19 heavy (non-hydrogen) atoms. The predicted molar refractivity (Wildman–Crippen MR) is 74.1 cm³/mol. The van der Waals surface area contributed by atoms with Gasteiger partial charge in [0.2, 0.25) is 0 Å². The minimum absolute atomic E-state index is 0.327. The van der Waals surface area contributed by atoms with Crippen molar-refractivity contribution in [3.63, 3.8) is 0 Å². The maximum Gasteiger partial charge on any atom is 0.122 e. The molecule has 2 aromatic rings. The van der Waals surface area contributed by atoms with Gasteiger partial charge in [0, 0.05) is 42.8 Å². The Morgan fingerprint density at radius 2 is 2.26 bits per heavy atom. The number of pyridine rings is 1. The van der Waals surface area contributed by atoms with Crippen molar-refractivity contribution in [2.75, 3.05) is 7.11 Å². The van der Waals surface area contributed by atoms with Gasteiger partial charge in [0.25, 0.3) is 0 Å². The summed E-state index contributed by atoms with van der Waals surface area (Å²) in [5.41, 5.74) is 1.96. The first kappa shape index (κ1) is 13.5. The summed E-state index contributed by atoms with van der Waals surface area (Å²) >= 11 is 0. The highest BCUT2D eigenvalue weighted by molar-refractivity contribution is 5.26. The van der Waals surface area contributed by atoms with Crippen molar-refractivity contribution in [2.24, 2.45) is 0 Å². The van der Waals surface area contributed by atoms with E-state index in [4.69, 9.17) is 4.74 Å². The van der Waals surface area contributed by atoms with Crippen LogP contribution in [0.25, 0.3) is 0 Å². The number of hydrogen-bond acceptors (Lipinski definition) is 4. The number of hydrogen-bond donors (Lipinski definition) is 1. The fourth-order valence-corrected chi connectivity index (χ4v) is 1.94. The maximum atomic E-state index is 5.25. The number of methoxy groups -OCH3 is 1. The van der Waals surface area contributed by atoms with Gasteiger partial charge in [0.1, 0.15) is 5.75 Å². The smallest absolute Gasteiger partial charge is 0.122 e. The lowest BCUT2D eigenvalue weighted by Crippen LogP contribution is -2.30. The largest absolute Gasteiger partial charge is 0.497 e. The second-order valence-electron chi connectivity index (χ2n) is 4.65. The van der Waals surface area contributed by atoms with E-state index in [2.05, 4.69) is 22.3 Å². The van der Waals surface area contributed by atoms with Crippen molar-refractivity contribution in [1.82, 2.24) is 20.1 Å². The van der Waals surface area contributed by atoms with Gasteiger partial charge in [-0.3, -0.25) is 9.67 Å². The molecule has 102 valence electrons. The van der Waals surface area contributed by atoms with Crippen LogP contribution in [0.4, 0.5) is 0 Å². The van der Waals surface area contributed by atoms with E-state index in [1.807, 2.05) is 36.0 Å². The second kappa shape index (κ2) is 6.33. The minimum atomic E-state index is 0.327. The van der Waals surface area contributed by atoms with Crippen molar-refractivity contribution in [3.05, 3.63) is 42.0 Å². The molecule has 0 aliphatic carbocycles. The number of aryl methyl sites for hydroxylation is 1. The van der Waals surface area contributed by atoms with Gasteiger partial charge < -0.3 is 10.1 Å². The molecular weight excluding hydrogens is 240 g/mol. The van der Waals surface area contributed by atoms with Crippen LogP contribution < -0.4 is 10.1 Å². The van der Waals surface area contributed by atoms with E-state index < -0.39 is 0 Å². The molecule has 1 N–H and O–H groups in total. The molecule has 5 nitrogen and oxygen atoms in total. The molecule has 1 unspecified atom stereocenters. The van der Waals surface area contributed by atoms with Crippen LogP contribution in [-0.2, 0) is 13.1 Å². The van der Waals surface area contributed by atoms with Crippen LogP contribution >= 0.6 is 0 Å².